The van der Waals surface area contributed by atoms with Gasteiger partial charge in [0.1, 0.15) is 4.60 Å². The average Bonchev–Trinajstić information content (AvgIpc) is 2.99. The van der Waals surface area contributed by atoms with E-state index in [1.54, 1.807) is 0 Å². The van der Waals surface area contributed by atoms with Crippen molar-refractivity contribution in [2.75, 3.05) is 24.6 Å². The second-order valence-electron chi connectivity index (χ2n) is 10.1. The minimum absolute atomic E-state index is 0.00724. The Morgan fingerprint density at radius 3 is 2.50 bits per heavy atom. The highest BCUT2D eigenvalue weighted by Crippen LogP contribution is 2.43. The van der Waals surface area contributed by atoms with E-state index in [9.17, 15) is 9.00 Å². The number of rotatable bonds is 5. The molecule has 3 rings (SSSR count). The quantitative estimate of drug-likeness (QED) is 0.581. The number of nitrogens with zero attached hydrogens (tertiary/aromatic N) is 3. The van der Waals surface area contributed by atoms with Crippen molar-refractivity contribution in [3.8, 4) is 0 Å². The number of aryl methyl sites for hydroxylation is 1. The summed E-state index contributed by atoms with van der Waals surface area (Å²) in [6.45, 7) is 15.5. The molecule has 2 aliphatic heterocycles. The van der Waals surface area contributed by atoms with Gasteiger partial charge in [-0.2, -0.15) is 0 Å². The summed E-state index contributed by atoms with van der Waals surface area (Å²) in [6, 6.07) is 0.00724. The first-order valence-corrected chi connectivity index (χ1v) is 13.1. The lowest BCUT2D eigenvalue weighted by atomic mass is 9.73. The number of hydrogen-bond acceptors (Lipinski definition) is 7. The number of carbonyl (C=O) groups is 1. The Kier molecular flexibility index (Phi) is 7.69. The number of carbonyl (C=O) groups excluding carboxylic acids is 1. The van der Waals surface area contributed by atoms with E-state index in [0.29, 0.717) is 30.1 Å². The largest absolute Gasteiger partial charge is 0.458 e. The number of nitrogens with one attached hydrogen (secondary N) is 1. The molecule has 0 aliphatic carbocycles. The number of piperidine rings is 1. The summed E-state index contributed by atoms with van der Waals surface area (Å²) >= 11 is 3.39. The van der Waals surface area contributed by atoms with Crippen LogP contribution < -0.4 is 9.62 Å². The second-order valence-corrected chi connectivity index (χ2v) is 12.8. The van der Waals surface area contributed by atoms with Crippen LogP contribution >= 0.6 is 15.9 Å². The molecule has 1 aromatic rings. The average molecular weight is 532 g/mol. The van der Waals surface area contributed by atoms with Gasteiger partial charge in [-0.15, -0.1) is 0 Å². The summed E-state index contributed by atoms with van der Waals surface area (Å²) in [7, 11) is -1.17. The van der Waals surface area contributed by atoms with Crippen LogP contribution in [0.25, 0.3) is 0 Å². The van der Waals surface area contributed by atoms with Crippen molar-refractivity contribution in [2.24, 2.45) is 5.41 Å². The third-order valence-electron chi connectivity index (χ3n) is 6.14. The Morgan fingerprint density at radius 2 is 1.94 bits per heavy atom. The number of ether oxygens (including phenoxy) is 2. The Hall–Kier alpha value is -1.10. The maximum absolute atomic E-state index is 12.8. The van der Waals surface area contributed by atoms with Gasteiger partial charge in [-0.25, -0.2) is 23.7 Å². The highest BCUT2D eigenvalue weighted by molar-refractivity contribution is 9.10. The van der Waals surface area contributed by atoms with E-state index >= 15 is 0 Å². The summed E-state index contributed by atoms with van der Waals surface area (Å²) in [6.07, 6.45) is 1.42. The van der Waals surface area contributed by atoms with Gasteiger partial charge in [0.05, 0.1) is 46.3 Å². The van der Waals surface area contributed by atoms with E-state index in [-0.39, 0.29) is 34.1 Å². The predicted octanol–water partition coefficient (Wildman–Crippen LogP) is 3.54. The predicted molar refractivity (Wildman–Crippen MR) is 129 cm³/mol. The fourth-order valence-corrected chi connectivity index (χ4v) is 5.52. The molecule has 180 valence electrons. The van der Waals surface area contributed by atoms with Crippen LogP contribution in [0.1, 0.15) is 70.6 Å². The van der Waals surface area contributed by atoms with E-state index in [2.05, 4.69) is 35.5 Å². The Bertz CT molecular complexity index is 881. The van der Waals surface area contributed by atoms with Crippen LogP contribution in [0.4, 0.5) is 5.82 Å². The molecular formula is C22H35BrN4O4S. The standard InChI is InChI=1S/C22H35BrN4O4S/c1-13(2)31-20(28)16-19(24-14(3)18(23)25-16)27-10-8-22(9-11-27)12-30-15(4)17(22)26-32(29)21(5,6)7/h13,15,17,26H,8-12H2,1-7H3/t15-,17+,32+/m0/s1. The summed E-state index contributed by atoms with van der Waals surface area (Å²) in [4.78, 5) is 23.9. The van der Waals surface area contributed by atoms with Gasteiger partial charge < -0.3 is 14.4 Å². The third kappa shape index (κ3) is 5.34. The van der Waals surface area contributed by atoms with Gasteiger partial charge in [-0.05, 0) is 77.2 Å². The van der Waals surface area contributed by atoms with Crippen LogP contribution in [-0.4, -0.2) is 62.8 Å². The molecule has 32 heavy (non-hydrogen) atoms. The molecule has 0 saturated carbocycles. The topological polar surface area (TPSA) is 93.7 Å². The van der Waals surface area contributed by atoms with E-state index in [4.69, 9.17) is 9.47 Å². The van der Waals surface area contributed by atoms with Crippen molar-refractivity contribution < 1.29 is 18.5 Å². The molecule has 1 N–H and O–H groups in total. The molecule has 2 aliphatic rings. The van der Waals surface area contributed by atoms with Crippen LogP contribution in [0.2, 0.25) is 0 Å². The normalized spacial score (nSPS) is 24.2. The van der Waals surface area contributed by atoms with Gasteiger partial charge >= 0.3 is 5.97 Å². The van der Waals surface area contributed by atoms with Crippen molar-refractivity contribution in [3.05, 3.63) is 16.0 Å². The van der Waals surface area contributed by atoms with Crippen molar-refractivity contribution in [1.29, 1.82) is 0 Å². The van der Waals surface area contributed by atoms with Crippen LogP contribution in [0.3, 0.4) is 0 Å². The Labute approximate surface area is 202 Å². The first-order valence-electron chi connectivity index (χ1n) is 11.1. The first-order chi connectivity index (χ1) is 14.8. The third-order valence-corrected chi connectivity index (χ3v) is 8.47. The molecule has 1 aromatic heterocycles. The van der Waals surface area contributed by atoms with Crippen LogP contribution in [0, 0.1) is 12.3 Å². The zero-order valence-electron chi connectivity index (χ0n) is 20.0. The smallest absolute Gasteiger partial charge is 0.361 e. The monoisotopic (exact) mass is 530 g/mol. The molecule has 0 amide bonds. The number of halogens is 1. The minimum Gasteiger partial charge on any atom is -0.458 e. The number of aromatic nitrogens is 2. The zero-order valence-corrected chi connectivity index (χ0v) is 22.4. The van der Waals surface area contributed by atoms with Crippen LogP contribution in [-0.2, 0) is 20.5 Å². The van der Waals surface area contributed by atoms with Crippen molar-refractivity contribution in [2.45, 2.75) is 84.3 Å². The fraction of sp³-hybridized carbons (Fsp3) is 0.773. The molecule has 2 fully saturated rings. The van der Waals surface area contributed by atoms with E-state index < -0.39 is 17.0 Å². The molecule has 8 nitrogen and oxygen atoms in total. The number of anilines is 1. The molecule has 3 atom stereocenters. The van der Waals surface area contributed by atoms with Gasteiger partial charge in [0.2, 0.25) is 0 Å². The molecule has 1 spiro atoms. The van der Waals surface area contributed by atoms with E-state index in [0.717, 1.165) is 18.5 Å². The maximum atomic E-state index is 12.8. The Morgan fingerprint density at radius 1 is 1.31 bits per heavy atom. The van der Waals surface area contributed by atoms with Gasteiger partial charge in [-0.3, -0.25) is 0 Å². The lowest BCUT2D eigenvalue weighted by Gasteiger charge is -2.43. The Balaban J connectivity index is 1.81. The first kappa shape index (κ1) is 25.5. The molecule has 2 saturated heterocycles. The molecular weight excluding hydrogens is 496 g/mol. The molecule has 10 heteroatoms. The van der Waals surface area contributed by atoms with E-state index in [1.165, 1.54) is 0 Å². The van der Waals surface area contributed by atoms with Crippen molar-refractivity contribution >= 4 is 38.7 Å². The van der Waals surface area contributed by atoms with Crippen molar-refractivity contribution in [3.63, 3.8) is 0 Å². The lowest BCUT2D eigenvalue weighted by Crippen LogP contribution is -2.55. The number of esters is 1. The highest BCUT2D eigenvalue weighted by atomic mass is 79.9. The van der Waals surface area contributed by atoms with Gasteiger partial charge in [0.25, 0.3) is 0 Å². The summed E-state index contributed by atoms with van der Waals surface area (Å²) < 4.78 is 27.8. The molecule has 0 bridgehead atoms. The van der Waals surface area contributed by atoms with Crippen molar-refractivity contribution in [1.82, 2.24) is 14.7 Å². The minimum atomic E-state index is -1.17. The van der Waals surface area contributed by atoms with Gasteiger partial charge in [0, 0.05) is 18.5 Å². The summed E-state index contributed by atoms with van der Waals surface area (Å²) in [5, 5.41) is 0. The van der Waals surface area contributed by atoms with Gasteiger partial charge in [0.15, 0.2) is 11.5 Å². The lowest BCUT2D eigenvalue weighted by molar-refractivity contribution is 0.0370. The number of hydrogen-bond donors (Lipinski definition) is 1. The molecule has 0 radical (unpaired) electrons. The molecule has 0 unspecified atom stereocenters. The van der Waals surface area contributed by atoms with Crippen LogP contribution in [0.15, 0.2) is 4.60 Å². The SMILES string of the molecule is Cc1nc(N2CCC3(CC2)CO[C@@H](C)[C@H]3N[S@](=O)C(C)(C)C)c(C(=O)OC(C)C)nc1Br. The van der Waals surface area contributed by atoms with E-state index in [1.807, 2.05) is 48.5 Å². The highest BCUT2D eigenvalue weighted by Gasteiger charge is 2.51. The maximum Gasteiger partial charge on any atom is 0.361 e. The van der Waals surface area contributed by atoms with Crippen LogP contribution in [0.5, 0.6) is 0 Å². The fourth-order valence-electron chi connectivity index (χ4n) is 4.23. The molecule has 0 aromatic carbocycles. The summed E-state index contributed by atoms with van der Waals surface area (Å²) in [5.41, 5.74) is 0.846. The second kappa shape index (κ2) is 9.64. The molecule has 3 heterocycles. The van der Waals surface area contributed by atoms with Gasteiger partial charge in [-0.1, -0.05) is 0 Å². The zero-order chi connectivity index (χ0) is 23.8. The summed E-state index contributed by atoms with van der Waals surface area (Å²) in [5.74, 6) is 0.0855.